The molecule has 2 aliphatic rings. The molecular formula is C16H24Cl2N6O. The molecule has 1 amide bonds. The summed E-state index contributed by atoms with van der Waals surface area (Å²) in [5, 5.41) is 10.6. The number of hydrogen-bond acceptors (Lipinski definition) is 4. The molecule has 1 fully saturated rings. The number of carbonyl (C=O) groups excluding carboxylic acids is 1. The van der Waals surface area contributed by atoms with Gasteiger partial charge in [-0.3, -0.25) is 9.48 Å². The zero-order valence-electron chi connectivity index (χ0n) is 13.9. The van der Waals surface area contributed by atoms with Gasteiger partial charge >= 0.3 is 0 Å². The summed E-state index contributed by atoms with van der Waals surface area (Å²) >= 11 is 0. The number of H-pyrrole nitrogens is 1. The smallest absolute Gasteiger partial charge is 0.243 e. The van der Waals surface area contributed by atoms with Gasteiger partial charge in [0, 0.05) is 49.6 Å². The van der Waals surface area contributed by atoms with E-state index in [2.05, 4.69) is 36.4 Å². The number of rotatable bonds is 6. The standard InChI is InChI=1S/C16H22N6O.2ClH/c23-16(15-14-12(4-7-17-15)19-10-20-14)18-6-1-9-22-13(5-8-21-22)11-2-3-11;;/h5,8,10-11,15,17H,1-4,6-7,9H2,(H,18,23)(H,19,20);2*1H. The predicted molar refractivity (Wildman–Crippen MR) is 99.4 cm³/mol. The van der Waals surface area contributed by atoms with Gasteiger partial charge in [0.1, 0.15) is 6.04 Å². The molecule has 138 valence electrons. The van der Waals surface area contributed by atoms with Crippen LogP contribution in [-0.4, -0.2) is 38.7 Å². The van der Waals surface area contributed by atoms with E-state index in [9.17, 15) is 4.79 Å². The van der Waals surface area contributed by atoms with Crippen LogP contribution >= 0.6 is 24.8 Å². The summed E-state index contributed by atoms with van der Waals surface area (Å²) < 4.78 is 2.08. The van der Waals surface area contributed by atoms with Crippen molar-refractivity contribution in [2.45, 2.75) is 44.2 Å². The van der Waals surface area contributed by atoms with E-state index in [0.29, 0.717) is 12.5 Å². The summed E-state index contributed by atoms with van der Waals surface area (Å²) in [6, 6.07) is 1.78. The van der Waals surface area contributed by atoms with Gasteiger partial charge in [-0.05, 0) is 25.3 Å². The fourth-order valence-corrected chi connectivity index (χ4v) is 3.23. The fourth-order valence-electron chi connectivity index (χ4n) is 3.23. The minimum atomic E-state index is -0.336. The number of aromatic nitrogens is 4. The quantitative estimate of drug-likeness (QED) is 0.659. The average Bonchev–Trinajstić information content (AvgIpc) is 3.11. The van der Waals surface area contributed by atoms with Crippen molar-refractivity contribution in [3.63, 3.8) is 0 Å². The second-order valence-corrected chi connectivity index (χ2v) is 6.30. The zero-order valence-corrected chi connectivity index (χ0v) is 15.5. The summed E-state index contributed by atoms with van der Waals surface area (Å²) in [7, 11) is 0. The highest BCUT2D eigenvalue weighted by Crippen LogP contribution is 2.39. The Hall–Kier alpha value is -1.57. The van der Waals surface area contributed by atoms with Crippen molar-refractivity contribution >= 4 is 30.7 Å². The molecule has 0 bridgehead atoms. The van der Waals surface area contributed by atoms with Gasteiger partial charge < -0.3 is 15.6 Å². The highest BCUT2D eigenvalue weighted by molar-refractivity contribution is 5.85. The van der Waals surface area contributed by atoms with Crippen LogP contribution in [0, 0.1) is 0 Å². The molecular weight excluding hydrogens is 363 g/mol. The van der Waals surface area contributed by atoms with Gasteiger partial charge in [-0.15, -0.1) is 24.8 Å². The molecule has 3 heterocycles. The molecule has 0 radical (unpaired) electrons. The van der Waals surface area contributed by atoms with E-state index in [1.54, 1.807) is 6.33 Å². The topological polar surface area (TPSA) is 87.6 Å². The number of amides is 1. The lowest BCUT2D eigenvalue weighted by Crippen LogP contribution is -2.42. The molecule has 0 spiro atoms. The van der Waals surface area contributed by atoms with Gasteiger partial charge in [0.2, 0.25) is 5.91 Å². The van der Waals surface area contributed by atoms with E-state index in [1.165, 1.54) is 18.5 Å². The second kappa shape index (κ2) is 8.69. The molecule has 3 N–H and O–H groups in total. The van der Waals surface area contributed by atoms with E-state index < -0.39 is 0 Å². The highest BCUT2D eigenvalue weighted by Gasteiger charge is 2.28. The number of carbonyl (C=O) groups is 1. The Kier molecular flexibility index (Phi) is 6.87. The van der Waals surface area contributed by atoms with Crippen LogP contribution in [0.5, 0.6) is 0 Å². The molecule has 1 aliphatic heterocycles. The first kappa shape index (κ1) is 19.8. The molecule has 2 aromatic heterocycles. The van der Waals surface area contributed by atoms with Gasteiger partial charge in [-0.1, -0.05) is 0 Å². The maximum Gasteiger partial charge on any atom is 0.243 e. The molecule has 1 aliphatic carbocycles. The summed E-state index contributed by atoms with van der Waals surface area (Å²) in [5.41, 5.74) is 3.23. The van der Waals surface area contributed by atoms with Crippen molar-refractivity contribution < 1.29 is 4.79 Å². The van der Waals surface area contributed by atoms with Crippen molar-refractivity contribution in [1.29, 1.82) is 0 Å². The molecule has 1 saturated carbocycles. The minimum Gasteiger partial charge on any atom is -0.354 e. The third kappa shape index (κ3) is 4.34. The summed E-state index contributed by atoms with van der Waals surface area (Å²) in [5.74, 6) is 0.706. The maximum absolute atomic E-state index is 12.4. The molecule has 1 atom stereocenters. The minimum absolute atomic E-state index is 0. The maximum atomic E-state index is 12.4. The van der Waals surface area contributed by atoms with Crippen molar-refractivity contribution in [1.82, 2.24) is 30.4 Å². The molecule has 25 heavy (non-hydrogen) atoms. The summed E-state index contributed by atoms with van der Waals surface area (Å²) in [6.45, 7) is 2.30. The second-order valence-electron chi connectivity index (χ2n) is 6.30. The molecule has 4 rings (SSSR count). The number of nitrogens with zero attached hydrogens (tertiary/aromatic N) is 3. The third-order valence-corrected chi connectivity index (χ3v) is 4.60. The average molecular weight is 387 g/mol. The lowest BCUT2D eigenvalue weighted by atomic mass is 10.1. The van der Waals surface area contributed by atoms with Crippen molar-refractivity contribution in [2.75, 3.05) is 13.1 Å². The van der Waals surface area contributed by atoms with E-state index in [4.69, 9.17) is 0 Å². The molecule has 7 nitrogen and oxygen atoms in total. The SMILES string of the molecule is Cl.Cl.O=C(NCCCn1nccc1C1CC1)C1NCCc2[nH]cnc21. The van der Waals surface area contributed by atoms with Crippen LogP contribution < -0.4 is 10.6 Å². The van der Waals surface area contributed by atoms with Crippen LogP contribution in [0.4, 0.5) is 0 Å². The first-order chi connectivity index (χ1) is 11.3. The van der Waals surface area contributed by atoms with Gasteiger partial charge in [-0.25, -0.2) is 4.98 Å². The molecule has 0 saturated heterocycles. The molecule has 0 aromatic carbocycles. The number of nitrogens with one attached hydrogen (secondary N) is 3. The number of fused-ring (bicyclic) bond motifs is 1. The van der Waals surface area contributed by atoms with Gasteiger partial charge in [0.15, 0.2) is 0 Å². The van der Waals surface area contributed by atoms with Crippen LogP contribution in [-0.2, 0) is 17.8 Å². The van der Waals surface area contributed by atoms with Crippen LogP contribution in [0.3, 0.4) is 0 Å². The zero-order chi connectivity index (χ0) is 15.6. The Morgan fingerprint density at radius 3 is 3.00 bits per heavy atom. The van der Waals surface area contributed by atoms with Crippen LogP contribution in [0.25, 0.3) is 0 Å². The molecule has 9 heteroatoms. The lowest BCUT2D eigenvalue weighted by Gasteiger charge is -2.22. The van der Waals surface area contributed by atoms with E-state index in [-0.39, 0.29) is 36.8 Å². The Balaban J connectivity index is 0.00000113. The van der Waals surface area contributed by atoms with Crippen molar-refractivity contribution in [2.24, 2.45) is 0 Å². The number of imidazole rings is 1. The third-order valence-electron chi connectivity index (χ3n) is 4.60. The molecule has 2 aromatic rings. The fraction of sp³-hybridized carbons (Fsp3) is 0.562. The Bertz CT molecular complexity index is 696. The molecule has 1 unspecified atom stereocenters. The Labute approximate surface area is 159 Å². The van der Waals surface area contributed by atoms with Gasteiger partial charge in [0.25, 0.3) is 0 Å². The Morgan fingerprint density at radius 2 is 2.20 bits per heavy atom. The number of aromatic amines is 1. The normalized spacial score (nSPS) is 18.6. The monoisotopic (exact) mass is 386 g/mol. The van der Waals surface area contributed by atoms with E-state index in [0.717, 1.165) is 37.3 Å². The first-order valence-corrected chi connectivity index (χ1v) is 8.38. The van der Waals surface area contributed by atoms with Crippen molar-refractivity contribution in [3.8, 4) is 0 Å². The first-order valence-electron chi connectivity index (χ1n) is 8.38. The number of hydrogen-bond donors (Lipinski definition) is 3. The highest BCUT2D eigenvalue weighted by atomic mass is 35.5. The van der Waals surface area contributed by atoms with E-state index >= 15 is 0 Å². The summed E-state index contributed by atoms with van der Waals surface area (Å²) in [6.07, 6.45) is 7.87. The van der Waals surface area contributed by atoms with Crippen LogP contribution in [0.1, 0.15) is 48.3 Å². The van der Waals surface area contributed by atoms with Crippen LogP contribution in [0.2, 0.25) is 0 Å². The number of aryl methyl sites for hydroxylation is 1. The van der Waals surface area contributed by atoms with Crippen LogP contribution in [0.15, 0.2) is 18.6 Å². The predicted octanol–water partition coefficient (Wildman–Crippen LogP) is 1.72. The number of halogens is 2. The van der Waals surface area contributed by atoms with Gasteiger partial charge in [-0.2, -0.15) is 5.10 Å². The largest absolute Gasteiger partial charge is 0.354 e. The van der Waals surface area contributed by atoms with E-state index in [1.807, 2.05) is 6.20 Å². The lowest BCUT2D eigenvalue weighted by molar-refractivity contribution is -0.123. The van der Waals surface area contributed by atoms with Crippen molar-refractivity contribution in [3.05, 3.63) is 35.7 Å². The Morgan fingerprint density at radius 1 is 1.36 bits per heavy atom. The summed E-state index contributed by atoms with van der Waals surface area (Å²) in [4.78, 5) is 19.7. The van der Waals surface area contributed by atoms with Gasteiger partial charge in [0.05, 0.1) is 12.0 Å².